The number of hydrogen-bond donors (Lipinski definition) is 0. The van der Waals surface area contributed by atoms with Crippen molar-refractivity contribution in [2.75, 3.05) is 6.61 Å². The van der Waals surface area contributed by atoms with Gasteiger partial charge in [-0.2, -0.15) is 10.4 Å². The van der Waals surface area contributed by atoms with Crippen molar-refractivity contribution in [1.29, 1.82) is 5.26 Å². The number of hydrogen-bond acceptors (Lipinski definition) is 4. The molecule has 1 aromatic rings. The molecule has 1 aromatic heterocycles. The molecule has 0 aliphatic rings. The second-order valence-electron chi connectivity index (χ2n) is 4.59. The van der Waals surface area contributed by atoms with Gasteiger partial charge in [0.2, 0.25) is 0 Å². The van der Waals surface area contributed by atoms with Crippen molar-refractivity contribution in [2.24, 2.45) is 5.92 Å². The second kappa shape index (κ2) is 6.19. The Morgan fingerprint density at radius 2 is 2.00 bits per heavy atom. The normalized spacial score (nSPS) is 10.4. The predicted octanol–water partition coefficient (Wildman–Crippen LogP) is 2.78. The topological polar surface area (TPSA) is 58.8 Å². The molecule has 92 valence electrons. The van der Waals surface area contributed by atoms with E-state index in [4.69, 9.17) is 10.00 Å². The van der Waals surface area contributed by atoms with Crippen LogP contribution in [0.25, 0.3) is 0 Å². The summed E-state index contributed by atoms with van der Waals surface area (Å²) in [5.41, 5.74) is 2.12. The number of ether oxygens (including phenoxy) is 1. The molecule has 0 saturated carbocycles. The van der Waals surface area contributed by atoms with E-state index in [1.54, 1.807) is 0 Å². The third-order valence-electron chi connectivity index (χ3n) is 2.70. The minimum atomic E-state index is 0.361. The van der Waals surface area contributed by atoms with E-state index in [-0.39, 0.29) is 0 Å². The summed E-state index contributed by atoms with van der Waals surface area (Å²) >= 11 is 0. The summed E-state index contributed by atoms with van der Waals surface area (Å²) in [6.45, 7) is 8.65. The van der Waals surface area contributed by atoms with Gasteiger partial charge in [0.1, 0.15) is 11.6 Å². The molecule has 0 spiro atoms. The Balaban J connectivity index is 2.66. The van der Waals surface area contributed by atoms with Crippen molar-refractivity contribution in [2.45, 2.75) is 40.5 Å². The summed E-state index contributed by atoms with van der Waals surface area (Å²) < 4.78 is 5.52. The molecule has 0 amide bonds. The third-order valence-corrected chi connectivity index (χ3v) is 2.70. The summed E-state index contributed by atoms with van der Waals surface area (Å²) in [7, 11) is 0. The van der Waals surface area contributed by atoms with Crippen LogP contribution in [0.3, 0.4) is 0 Å². The van der Waals surface area contributed by atoms with Crippen LogP contribution in [0.4, 0.5) is 0 Å². The van der Waals surface area contributed by atoms with Crippen molar-refractivity contribution in [1.82, 2.24) is 10.2 Å². The molecule has 0 bridgehead atoms. The zero-order valence-electron chi connectivity index (χ0n) is 10.9. The lowest BCUT2D eigenvalue weighted by Crippen LogP contribution is -2.06. The monoisotopic (exact) mass is 233 g/mol. The molecule has 0 saturated heterocycles. The van der Waals surface area contributed by atoms with Crippen molar-refractivity contribution in [3.63, 3.8) is 0 Å². The van der Waals surface area contributed by atoms with Crippen LogP contribution in [0, 0.1) is 31.1 Å². The Morgan fingerprint density at radius 1 is 1.29 bits per heavy atom. The smallest absolute Gasteiger partial charge is 0.251 e. The van der Waals surface area contributed by atoms with Gasteiger partial charge in [-0.1, -0.05) is 13.8 Å². The van der Waals surface area contributed by atoms with Crippen LogP contribution in [0.5, 0.6) is 5.88 Å². The predicted molar refractivity (Wildman–Crippen MR) is 65.8 cm³/mol. The first kappa shape index (κ1) is 13.4. The lowest BCUT2D eigenvalue weighted by atomic mass is 10.1. The maximum atomic E-state index is 9.07. The molecule has 0 N–H and O–H groups in total. The van der Waals surface area contributed by atoms with Crippen molar-refractivity contribution >= 4 is 0 Å². The summed E-state index contributed by atoms with van der Waals surface area (Å²) in [6, 6.07) is 2.13. The number of aromatic nitrogens is 2. The Bertz CT molecular complexity index is 421. The molecule has 4 nitrogen and oxygen atoms in total. The van der Waals surface area contributed by atoms with Crippen LogP contribution in [-0.4, -0.2) is 16.8 Å². The first-order valence-corrected chi connectivity index (χ1v) is 5.93. The molecule has 0 radical (unpaired) electrons. The molecule has 0 aliphatic heterocycles. The minimum absolute atomic E-state index is 0.361. The zero-order valence-corrected chi connectivity index (χ0v) is 10.9. The number of rotatable bonds is 5. The van der Waals surface area contributed by atoms with Crippen molar-refractivity contribution < 1.29 is 4.74 Å². The average molecular weight is 233 g/mol. The first-order chi connectivity index (χ1) is 8.06. The molecule has 0 fully saturated rings. The molecule has 0 aliphatic carbocycles. The van der Waals surface area contributed by atoms with E-state index >= 15 is 0 Å². The van der Waals surface area contributed by atoms with Crippen LogP contribution in [-0.2, 0) is 0 Å². The molecule has 1 rings (SSSR count). The van der Waals surface area contributed by atoms with Gasteiger partial charge in [0.25, 0.3) is 5.88 Å². The average Bonchev–Trinajstić information content (AvgIpc) is 2.29. The lowest BCUT2D eigenvalue weighted by Gasteiger charge is -2.09. The molecule has 1 heterocycles. The fourth-order valence-electron chi connectivity index (χ4n) is 1.48. The molecule has 0 unspecified atom stereocenters. The highest BCUT2D eigenvalue weighted by Crippen LogP contribution is 2.19. The van der Waals surface area contributed by atoms with Crippen LogP contribution < -0.4 is 4.74 Å². The Hall–Kier alpha value is -1.63. The second-order valence-corrected chi connectivity index (χ2v) is 4.59. The highest BCUT2D eigenvalue weighted by Gasteiger charge is 2.11. The number of nitrogens with zero attached hydrogens (tertiary/aromatic N) is 3. The van der Waals surface area contributed by atoms with Gasteiger partial charge in [-0.05, 0) is 38.2 Å². The van der Waals surface area contributed by atoms with E-state index in [0.717, 1.165) is 24.1 Å². The van der Waals surface area contributed by atoms with E-state index in [1.807, 2.05) is 13.8 Å². The zero-order chi connectivity index (χ0) is 12.8. The van der Waals surface area contributed by atoms with Crippen molar-refractivity contribution in [3.05, 3.63) is 16.8 Å². The molecular formula is C13H19N3O. The molecular weight excluding hydrogens is 214 g/mol. The van der Waals surface area contributed by atoms with Crippen molar-refractivity contribution in [3.8, 4) is 11.9 Å². The summed E-state index contributed by atoms with van der Waals surface area (Å²) in [4.78, 5) is 0. The summed E-state index contributed by atoms with van der Waals surface area (Å²) in [6.07, 6.45) is 2.08. The third kappa shape index (κ3) is 3.70. The van der Waals surface area contributed by atoms with Gasteiger partial charge in [0.15, 0.2) is 0 Å². The largest absolute Gasteiger partial charge is 0.476 e. The number of nitriles is 1. The first-order valence-electron chi connectivity index (χ1n) is 5.93. The Labute approximate surface area is 103 Å². The van der Waals surface area contributed by atoms with Gasteiger partial charge >= 0.3 is 0 Å². The maximum absolute atomic E-state index is 9.07. The van der Waals surface area contributed by atoms with Crippen LogP contribution in [0.1, 0.15) is 43.5 Å². The van der Waals surface area contributed by atoms with E-state index in [2.05, 4.69) is 30.1 Å². The van der Waals surface area contributed by atoms with Gasteiger partial charge in [0.05, 0.1) is 12.3 Å². The maximum Gasteiger partial charge on any atom is 0.251 e. The van der Waals surface area contributed by atoms with Crippen LogP contribution >= 0.6 is 0 Å². The highest BCUT2D eigenvalue weighted by atomic mass is 16.5. The van der Waals surface area contributed by atoms with Gasteiger partial charge < -0.3 is 4.74 Å². The SMILES string of the molecule is Cc1nnc(OCCCC(C)C)c(C#N)c1C. The van der Waals surface area contributed by atoms with E-state index < -0.39 is 0 Å². The number of aryl methyl sites for hydroxylation is 1. The fraction of sp³-hybridized carbons (Fsp3) is 0.615. The molecule has 0 atom stereocenters. The summed E-state index contributed by atoms with van der Waals surface area (Å²) in [5, 5.41) is 17.0. The lowest BCUT2D eigenvalue weighted by molar-refractivity contribution is 0.282. The summed E-state index contributed by atoms with van der Waals surface area (Å²) in [5.74, 6) is 1.03. The van der Waals surface area contributed by atoms with Gasteiger partial charge in [-0.3, -0.25) is 0 Å². The van der Waals surface area contributed by atoms with Gasteiger partial charge in [-0.25, -0.2) is 0 Å². The molecule has 0 aromatic carbocycles. The van der Waals surface area contributed by atoms with Gasteiger partial charge in [-0.15, -0.1) is 5.10 Å². The Kier molecular flexibility index (Phi) is 4.89. The van der Waals surface area contributed by atoms with Crippen LogP contribution in [0.2, 0.25) is 0 Å². The fourth-order valence-corrected chi connectivity index (χ4v) is 1.48. The van der Waals surface area contributed by atoms with E-state index in [1.165, 1.54) is 0 Å². The highest BCUT2D eigenvalue weighted by molar-refractivity contribution is 5.44. The quantitative estimate of drug-likeness (QED) is 0.734. The minimum Gasteiger partial charge on any atom is -0.476 e. The standard InChI is InChI=1S/C13H19N3O/c1-9(2)6-5-7-17-13-12(8-14)10(3)11(4)15-16-13/h9H,5-7H2,1-4H3. The van der Waals surface area contributed by atoms with Gasteiger partial charge in [0, 0.05) is 0 Å². The Morgan fingerprint density at radius 3 is 2.59 bits per heavy atom. The van der Waals surface area contributed by atoms with E-state index in [9.17, 15) is 0 Å². The molecule has 4 heteroatoms. The van der Waals surface area contributed by atoms with E-state index in [0.29, 0.717) is 24.0 Å². The molecule has 17 heavy (non-hydrogen) atoms. The van der Waals surface area contributed by atoms with Crippen LogP contribution in [0.15, 0.2) is 0 Å².